The van der Waals surface area contributed by atoms with Crippen LogP contribution in [-0.4, -0.2) is 11.0 Å². The number of hydrogen-bond donors (Lipinski definition) is 0. The Kier molecular flexibility index (Phi) is 6.15. The Balaban J connectivity index is 1.82. The van der Waals surface area contributed by atoms with Crippen molar-refractivity contribution in [2.45, 2.75) is 68.9 Å². The number of Topliss-reactive ketones (excluding diaryl/α,β-unsaturated/α-hetero) is 1. The highest BCUT2D eigenvalue weighted by Gasteiger charge is 2.15. The number of ketones is 1. The lowest BCUT2D eigenvalue weighted by Crippen LogP contribution is -2.09. The summed E-state index contributed by atoms with van der Waals surface area (Å²) in [5, 5.41) is 0.586. The molecular formula is C18H26OS. The number of benzene rings is 1. The summed E-state index contributed by atoms with van der Waals surface area (Å²) in [5.74, 6) is 1.11. The van der Waals surface area contributed by atoms with Gasteiger partial charge in [-0.25, -0.2) is 0 Å². The molecule has 1 nitrogen and oxygen atoms in total. The van der Waals surface area contributed by atoms with E-state index in [4.69, 9.17) is 0 Å². The zero-order chi connectivity index (χ0) is 14.4. The van der Waals surface area contributed by atoms with E-state index < -0.39 is 0 Å². The highest BCUT2D eigenvalue weighted by molar-refractivity contribution is 7.99. The molecule has 0 amide bonds. The molecular weight excluding hydrogens is 264 g/mol. The standard InChI is InChI=1S/C18H26OS/c1-14(2)20-17-11-9-16(10-12-17)18(19)13-8-15-6-4-3-5-7-15/h9-12,14-15H,3-8,13H2,1-2H3. The fourth-order valence-corrected chi connectivity index (χ4v) is 3.78. The second kappa shape index (κ2) is 7.87. The van der Waals surface area contributed by atoms with E-state index in [-0.39, 0.29) is 0 Å². The SMILES string of the molecule is CC(C)Sc1ccc(C(=O)CCC2CCCCC2)cc1. The van der Waals surface area contributed by atoms with Gasteiger partial charge in [0, 0.05) is 22.1 Å². The largest absolute Gasteiger partial charge is 0.294 e. The molecule has 1 saturated carbocycles. The van der Waals surface area contributed by atoms with E-state index in [2.05, 4.69) is 26.0 Å². The van der Waals surface area contributed by atoms with E-state index in [1.165, 1.54) is 37.0 Å². The molecule has 110 valence electrons. The molecule has 1 aromatic rings. The van der Waals surface area contributed by atoms with Gasteiger partial charge >= 0.3 is 0 Å². The van der Waals surface area contributed by atoms with Crippen molar-refractivity contribution >= 4 is 17.5 Å². The molecule has 0 radical (unpaired) electrons. The van der Waals surface area contributed by atoms with Crippen LogP contribution >= 0.6 is 11.8 Å². The van der Waals surface area contributed by atoms with Gasteiger partial charge in [0.1, 0.15) is 0 Å². The molecule has 1 aliphatic rings. The summed E-state index contributed by atoms with van der Waals surface area (Å²) in [6.07, 6.45) is 8.58. The smallest absolute Gasteiger partial charge is 0.162 e. The number of carbonyl (C=O) groups excluding carboxylic acids is 1. The van der Waals surface area contributed by atoms with Gasteiger partial charge in [0.05, 0.1) is 0 Å². The van der Waals surface area contributed by atoms with Gasteiger partial charge in [-0.15, -0.1) is 11.8 Å². The molecule has 2 heteroatoms. The van der Waals surface area contributed by atoms with E-state index in [1.54, 1.807) is 0 Å². The average Bonchev–Trinajstić information content (AvgIpc) is 2.46. The third-order valence-corrected chi connectivity index (χ3v) is 5.07. The van der Waals surface area contributed by atoms with Crippen LogP contribution < -0.4 is 0 Å². The van der Waals surface area contributed by atoms with E-state index >= 15 is 0 Å². The Labute approximate surface area is 127 Å². The lowest BCUT2D eigenvalue weighted by molar-refractivity contribution is 0.0970. The maximum absolute atomic E-state index is 12.2. The minimum absolute atomic E-state index is 0.316. The van der Waals surface area contributed by atoms with Crippen LogP contribution in [0.25, 0.3) is 0 Å². The van der Waals surface area contributed by atoms with E-state index in [9.17, 15) is 4.79 Å². The van der Waals surface area contributed by atoms with Gasteiger partial charge in [0.25, 0.3) is 0 Å². The van der Waals surface area contributed by atoms with Crippen molar-refractivity contribution in [1.29, 1.82) is 0 Å². The first kappa shape index (κ1) is 15.6. The van der Waals surface area contributed by atoms with Crippen molar-refractivity contribution in [1.82, 2.24) is 0 Å². The molecule has 0 bridgehead atoms. The van der Waals surface area contributed by atoms with Crippen molar-refractivity contribution in [3.8, 4) is 0 Å². The maximum Gasteiger partial charge on any atom is 0.162 e. The molecule has 0 atom stereocenters. The molecule has 1 aromatic carbocycles. The number of thioether (sulfide) groups is 1. The Morgan fingerprint density at radius 2 is 1.80 bits per heavy atom. The topological polar surface area (TPSA) is 17.1 Å². The Morgan fingerprint density at radius 1 is 1.15 bits per heavy atom. The van der Waals surface area contributed by atoms with Crippen LogP contribution in [0.5, 0.6) is 0 Å². The van der Waals surface area contributed by atoms with E-state index in [0.717, 1.165) is 24.3 Å². The molecule has 0 spiro atoms. The van der Waals surface area contributed by atoms with Crippen molar-refractivity contribution in [2.24, 2.45) is 5.92 Å². The Bertz CT molecular complexity index is 416. The third kappa shape index (κ3) is 4.97. The highest BCUT2D eigenvalue weighted by atomic mass is 32.2. The fraction of sp³-hybridized carbons (Fsp3) is 0.611. The second-order valence-electron chi connectivity index (χ2n) is 6.16. The van der Waals surface area contributed by atoms with Crippen molar-refractivity contribution in [3.05, 3.63) is 29.8 Å². The normalized spacial score (nSPS) is 16.6. The van der Waals surface area contributed by atoms with Gasteiger partial charge in [-0.1, -0.05) is 58.1 Å². The van der Waals surface area contributed by atoms with Crippen LogP contribution in [-0.2, 0) is 0 Å². The molecule has 0 aromatic heterocycles. The van der Waals surface area contributed by atoms with Crippen LogP contribution in [0.4, 0.5) is 0 Å². The number of carbonyl (C=O) groups is 1. The summed E-state index contributed by atoms with van der Waals surface area (Å²) in [5.41, 5.74) is 0.883. The molecule has 0 N–H and O–H groups in total. The van der Waals surface area contributed by atoms with Crippen LogP contribution in [0.2, 0.25) is 0 Å². The van der Waals surface area contributed by atoms with Crippen molar-refractivity contribution < 1.29 is 4.79 Å². The predicted octanol–water partition coefficient (Wildman–Crippen LogP) is 5.73. The number of rotatable bonds is 6. The summed E-state index contributed by atoms with van der Waals surface area (Å²) in [4.78, 5) is 13.5. The fourth-order valence-electron chi connectivity index (χ4n) is 2.95. The van der Waals surface area contributed by atoms with Gasteiger partial charge < -0.3 is 0 Å². The number of hydrogen-bond acceptors (Lipinski definition) is 2. The van der Waals surface area contributed by atoms with Crippen LogP contribution in [0.3, 0.4) is 0 Å². The zero-order valence-corrected chi connectivity index (χ0v) is 13.5. The lowest BCUT2D eigenvalue weighted by atomic mass is 9.85. The van der Waals surface area contributed by atoms with Gasteiger partial charge in [0.15, 0.2) is 5.78 Å². The van der Waals surface area contributed by atoms with Crippen molar-refractivity contribution in [3.63, 3.8) is 0 Å². The van der Waals surface area contributed by atoms with E-state index in [0.29, 0.717) is 11.0 Å². The minimum atomic E-state index is 0.316. The molecule has 2 rings (SSSR count). The molecule has 20 heavy (non-hydrogen) atoms. The highest BCUT2D eigenvalue weighted by Crippen LogP contribution is 2.28. The van der Waals surface area contributed by atoms with E-state index in [1.807, 2.05) is 23.9 Å². The Hall–Kier alpha value is -0.760. The minimum Gasteiger partial charge on any atom is -0.294 e. The quantitative estimate of drug-likeness (QED) is 0.491. The summed E-state index contributed by atoms with van der Waals surface area (Å²) in [7, 11) is 0. The molecule has 1 aliphatic carbocycles. The van der Waals surface area contributed by atoms with Gasteiger partial charge in [0.2, 0.25) is 0 Å². The molecule has 0 unspecified atom stereocenters. The molecule has 1 fully saturated rings. The molecule has 0 heterocycles. The first-order valence-electron chi connectivity index (χ1n) is 7.95. The van der Waals surface area contributed by atoms with Crippen LogP contribution in [0.1, 0.15) is 69.2 Å². The molecule has 0 saturated heterocycles. The summed E-state index contributed by atoms with van der Waals surface area (Å²) >= 11 is 1.84. The average molecular weight is 290 g/mol. The first-order chi connectivity index (χ1) is 9.65. The van der Waals surface area contributed by atoms with Gasteiger partial charge in [-0.3, -0.25) is 4.79 Å². The second-order valence-corrected chi connectivity index (χ2v) is 7.81. The maximum atomic E-state index is 12.2. The van der Waals surface area contributed by atoms with Crippen molar-refractivity contribution in [2.75, 3.05) is 0 Å². The predicted molar refractivity (Wildman–Crippen MR) is 87.6 cm³/mol. The Morgan fingerprint density at radius 3 is 2.40 bits per heavy atom. The van der Waals surface area contributed by atoms with Gasteiger partial charge in [-0.05, 0) is 24.5 Å². The van der Waals surface area contributed by atoms with Crippen LogP contribution in [0.15, 0.2) is 29.2 Å². The molecule has 0 aliphatic heterocycles. The third-order valence-electron chi connectivity index (χ3n) is 4.05. The summed E-state index contributed by atoms with van der Waals surface area (Å²) in [6, 6.07) is 8.15. The van der Waals surface area contributed by atoms with Crippen LogP contribution in [0, 0.1) is 5.92 Å². The summed E-state index contributed by atoms with van der Waals surface area (Å²) < 4.78 is 0. The monoisotopic (exact) mass is 290 g/mol. The first-order valence-corrected chi connectivity index (χ1v) is 8.83. The lowest BCUT2D eigenvalue weighted by Gasteiger charge is -2.20. The zero-order valence-electron chi connectivity index (χ0n) is 12.7. The summed E-state index contributed by atoms with van der Waals surface area (Å²) in [6.45, 7) is 4.38. The van der Waals surface area contributed by atoms with Gasteiger partial charge in [-0.2, -0.15) is 0 Å².